The summed E-state index contributed by atoms with van der Waals surface area (Å²) in [6.07, 6.45) is 2.19. The number of hydrogen-bond acceptors (Lipinski definition) is 2. The van der Waals surface area contributed by atoms with Gasteiger partial charge in [-0.15, -0.1) is 0 Å². The molecular formula is C12H12BrN3OS. The van der Waals surface area contributed by atoms with Crippen LogP contribution in [0.3, 0.4) is 0 Å². The minimum absolute atomic E-state index is 0.0254. The van der Waals surface area contributed by atoms with E-state index in [1.54, 1.807) is 0 Å². The van der Waals surface area contributed by atoms with Crippen LogP contribution in [0.25, 0.3) is 11.0 Å². The number of fused-ring (bicyclic) bond motifs is 1. The Morgan fingerprint density at radius 2 is 2.33 bits per heavy atom. The minimum Gasteiger partial charge on any atom is -0.352 e. The first-order chi connectivity index (χ1) is 8.63. The van der Waals surface area contributed by atoms with Crippen LogP contribution in [0.1, 0.15) is 12.8 Å². The highest BCUT2D eigenvalue weighted by molar-refractivity contribution is 9.10. The molecule has 1 aliphatic carbocycles. The second kappa shape index (κ2) is 4.51. The van der Waals surface area contributed by atoms with Crippen molar-refractivity contribution in [3.05, 3.63) is 27.4 Å². The Balaban J connectivity index is 1.92. The van der Waals surface area contributed by atoms with Crippen LogP contribution in [-0.2, 0) is 11.3 Å². The summed E-state index contributed by atoms with van der Waals surface area (Å²) < 4.78 is 3.39. The van der Waals surface area contributed by atoms with E-state index in [9.17, 15) is 4.79 Å². The molecule has 0 saturated heterocycles. The van der Waals surface area contributed by atoms with Crippen molar-refractivity contribution in [3.8, 4) is 0 Å². The molecule has 0 atom stereocenters. The third kappa shape index (κ3) is 2.35. The molecular weight excluding hydrogens is 314 g/mol. The maximum absolute atomic E-state index is 11.8. The van der Waals surface area contributed by atoms with Crippen LogP contribution in [0.2, 0.25) is 0 Å². The van der Waals surface area contributed by atoms with Gasteiger partial charge in [0.1, 0.15) is 6.54 Å². The van der Waals surface area contributed by atoms with Crippen molar-refractivity contribution in [3.63, 3.8) is 0 Å². The molecule has 18 heavy (non-hydrogen) atoms. The first kappa shape index (κ1) is 11.9. The summed E-state index contributed by atoms with van der Waals surface area (Å²) in [5.41, 5.74) is 1.89. The first-order valence-corrected chi connectivity index (χ1v) is 7.01. The van der Waals surface area contributed by atoms with Crippen LogP contribution < -0.4 is 5.32 Å². The molecule has 0 unspecified atom stereocenters. The van der Waals surface area contributed by atoms with Gasteiger partial charge in [0.2, 0.25) is 5.91 Å². The number of nitrogens with zero attached hydrogens (tertiary/aromatic N) is 1. The van der Waals surface area contributed by atoms with Crippen molar-refractivity contribution in [1.29, 1.82) is 0 Å². The van der Waals surface area contributed by atoms with Crippen molar-refractivity contribution < 1.29 is 4.79 Å². The number of aromatic nitrogens is 2. The van der Waals surface area contributed by atoms with Gasteiger partial charge in [-0.3, -0.25) is 4.79 Å². The van der Waals surface area contributed by atoms with Crippen molar-refractivity contribution >= 4 is 45.1 Å². The SMILES string of the molecule is O=C(Cn1c(=S)[nH]c2cc(Br)ccc21)NC1CC1. The van der Waals surface area contributed by atoms with Crippen LogP contribution in [-0.4, -0.2) is 21.5 Å². The summed E-state index contributed by atoms with van der Waals surface area (Å²) in [6.45, 7) is 0.275. The fraction of sp³-hybridized carbons (Fsp3) is 0.333. The van der Waals surface area contributed by atoms with E-state index in [0.717, 1.165) is 28.3 Å². The lowest BCUT2D eigenvalue weighted by Crippen LogP contribution is -2.29. The summed E-state index contributed by atoms with van der Waals surface area (Å²) >= 11 is 8.67. The second-order valence-electron chi connectivity index (χ2n) is 4.52. The molecule has 1 fully saturated rings. The van der Waals surface area contributed by atoms with Gasteiger partial charge in [0.05, 0.1) is 11.0 Å². The highest BCUT2D eigenvalue weighted by Crippen LogP contribution is 2.21. The van der Waals surface area contributed by atoms with Gasteiger partial charge >= 0.3 is 0 Å². The van der Waals surface area contributed by atoms with E-state index in [1.807, 2.05) is 22.8 Å². The average molecular weight is 326 g/mol. The molecule has 1 heterocycles. The predicted octanol–water partition coefficient (Wildman–Crippen LogP) is 2.74. The number of benzene rings is 1. The van der Waals surface area contributed by atoms with Gasteiger partial charge in [-0.2, -0.15) is 0 Å². The molecule has 1 aliphatic rings. The zero-order valence-electron chi connectivity index (χ0n) is 9.57. The second-order valence-corrected chi connectivity index (χ2v) is 5.82. The normalized spacial score (nSPS) is 14.9. The number of imidazole rings is 1. The van der Waals surface area contributed by atoms with Crippen LogP contribution in [0, 0.1) is 4.77 Å². The maximum atomic E-state index is 11.8. The topological polar surface area (TPSA) is 49.8 Å². The molecule has 3 rings (SSSR count). The highest BCUT2D eigenvalue weighted by Gasteiger charge is 2.23. The summed E-state index contributed by atoms with van der Waals surface area (Å²) in [5.74, 6) is 0.0254. The van der Waals surface area contributed by atoms with Crippen LogP contribution >= 0.6 is 28.1 Å². The van der Waals surface area contributed by atoms with Crippen LogP contribution in [0.15, 0.2) is 22.7 Å². The van der Waals surface area contributed by atoms with Crippen molar-refractivity contribution in [2.24, 2.45) is 0 Å². The van der Waals surface area contributed by atoms with Gasteiger partial charge in [-0.25, -0.2) is 0 Å². The summed E-state index contributed by atoms with van der Waals surface area (Å²) in [7, 11) is 0. The van der Waals surface area contributed by atoms with E-state index < -0.39 is 0 Å². The Kier molecular flexibility index (Phi) is 2.99. The van der Waals surface area contributed by atoms with E-state index in [1.165, 1.54) is 0 Å². The number of nitrogens with one attached hydrogen (secondary N) is 2. The number of amides is 1. The lowest BCUT2D eigenvalue weighted by Gasteiger charge is -2.05. The summed E-state index contributed by atoms with van der Waals surface area (Å²) in [6, 6.07) is 6.24. The third-order valence-electron chi connectivity index (χ3n) is 2.98. The van der Waals surface area contributed by atoms with Crippen molar-refractivity contribution in [2.45, 2.75) is 25.4 Å². The molecule has 0 spiro atoms. The number of carbonyl (C=O) groups is 1. The van der Waals surface area contributed by atoms with E-state index in [2.05, 4.69) is 26.2 Å². The van der Waals surface area contributed by atoms with Crippen molar-refractivity contribution in [2.75, 3.05) is 0 Å². The van der Waals surface area contributed by atoms with Gasteiger partial charge in [0.15, 0.2) is 4.77 Å². The molecule has 2 aromatic rings. The van der Waals surface area contributed by atoms with Gasteiger partial charge in [-0.1, -0.05) is 15.9 Å². The monoisotopic (exact) mass is 325 g/mol. The Bertz CT molecular complexity index is 672. The molecule has 94 valence electrons. The summed E-state index contributed by atoms with van der Waals surface area (Å²) in [5, 5.41) is 2.97. The van der Waals surface area contributed by atoms with Gasteiger partial charge in [-0.05, 0) is 43.3 Å². The number of hydrogen-bond donors (Lipinski definition) is 2. The Morgan fingerprint density at radius 3 is 3.06 bits per heavy atom. The fourth-order valence-corrected chi connectivity index (χ4v) is 2.57. The standard InChI is InChI=1S/C12H12BrN3OS/c13-7-1-4-10-9(5-7)15-12(18)16(10)6-11(17)14-8-2-3-8/h1,4-5,8H,2-3,6H2,(H,14,17)(H,15,18). The average Bonchev–Trinajstić information content (AvgIpc) is 3.05. The zero-order chi connectivity index (χ0) is 12.7. The lowest BCUT2D eigenvalue weighted by atomic mass is 10.3. The summed E-state index contributed by atoms with van der Waals surface area (Å²) in [4.78, 5) is 14.9. The smallest absolute Gasteiger partial charge is 0.240 e. The number of rotatable bonds is 3. The largest absolute Gasteiger partial charge is 0.352 e. The first-order valence-electron chi connectivity index (χ1n) is 5.81. The molecule has 1 amide bonds. The Morgan fingerprint density at radius 1 is 1.56 bits per heavy atom. The van der Waals surface area contributed by atoms with E-state index in [-0.39, 0.29) is 12.5 Å². The van der Waals surface area contributed by atoms with Gasteiger partial charge in [0.25, 0.3) is 0 Å². The van der Waals surface area contributed by atoms with Gasteiger partial charge < -0.3 is 14.9 Å². The molecule has 0 aliphatic heterocycles. The molecule has 0 bridgehead atoms. The van der Waals surface area contributed by atoms with E-state index in [4.69, 9.17) is 12.2 Å². The van der Waals surface area contributed by atoms with Crippen LogP contribution in [0.4, 0.5) is 0 Å². The molecule has 2 N–H and O–H groups in total. The maximum Gasteiger partial charge on any atom is 0.240 e. The number of halogens is 1. The highest BCUT2D eigenvalue weighted by atomic mass is 79.9. The van der Waals surface area contributed by atoms with Crippen molar-refractivity contribution in [1.82, 2.24) is 14.9 Å². The minimum atomic E-state index is 0.0254. The molecule has 0 radical (unpaired) electrons. The molecule has 1 aromatic carbocycles. The number of H-pyrrole nitrogens is 1. The quantitative estimate of drug-likeness (QED) is 0.852. The van der Waals surface area contributed by atoms with E-state index in [0.29, 0.717) is 10.8 Å². The number of carbonyl (C=O) groups excluding carboxylic acids is 1. The molecule has 1 saturated carbocycles. The van der Waals surface area contributed by atoms with Crippen LogP contribution in [0.5, 0.6) is 0 Å². The Labute approximate surface area is 118 Å². The van der Waals surface area contributed by atoms with E-state index >= 15 is 0 Å². The Hall–Kier alpha value is -1.14. The zero-order valence-corrected chi connectivity index (χ0v) is 12.0. The fourth-order valence-electron chi connectivity index (χ4n) is 1.94. The lowest BCUT2D eigenvalue weighted by molar-refractivity contribution is -0.121. The molecule has 1 aromatic heterocycles. The van der Waals surface area contributed by atoms with Gasteiger partial charge in [0, 0.05) is 10.5 Å². The molecule has 6 heteroatoms. The molecule has 4 nitrogen and oxygen atoms in total. The predicted molar refractivity (Wildman–Crippen MR) is 76.0 cm³/mol. The number of aromatic amines is 1. The third-order valence-corrected chi connectivity index (χ3v) is 3.80.